The van der Waals surface area contributed by atoms with Crippen LogP contribution in [0.25, 0.3) is 0 Å². The fourth-order valence-corrected chi connectivity index (χ4v) is 3.75. The van der Waals surface area contributed by atoms with Gasteiger partial charge in [-0.15, -0.1) is 0 Å². The van der Waals surface area contributed by atoms with Crippen molar-refractivity contribution in [1.82, 2.24) is 9.97 Å². The van der Waals surface area contributed by atoms with E-state index in [0.717, 1.165) is 24.6 Å². The first-order chi connectivity index (χ1) is 10.0. The Kier molecular flexibility index (Phi) is 3.99. The molecular weight excluding hydrogens is 292 g/mol. The summed E-state index contributed by atoms with van der Waals surface area (Å²) in [5.41, 5.74) is 0.898. The molecule has 2 fully saturated rings. The summed E-state index contributed by atoms with van der Waals surface area (Å²) >= 11 is 0. The second-order valence-electron chi connectivity index (χ2n) is 5.41. The number of aromatic nitrogens is 2. The quantitative estimate of drug-likeness (QED) is 0.752. The van der Waals surface area contributed by atoms with Crippen LogP contribution in [0.3, 0.4) is 0 Å². The Labute approximate surface area is 124 Å². The smallest absolute Gasteiger partial charge is 0.227 e. The third-order valence-electron chi connectivity index (χ3n) is 3.79. The van der Waals surface area contributed by atoms with E-state index in [1.807, 2.05) is 17.9 Å². The van der Waals surface area contributed by atoms with Crippen molar-refractivity contribution < 1.29 is 13.2 Å². The molecule has 8 heteroatoms. The second-order valence-corrected chi connectivity index (χ2v) is 7.71. The Balaban J connectivity index is 1.81. The van der Waals surface area contributed by atoms with Gasteiger partial charge in [-0.1, -0.05) is 0 Å². The van der Waals surface area contributed by atoms with Crippen LogP contribution in [-0.2, 0) is 14.6 Å². The Morgan fingerprint density at radius 2 is 1.71 bits per heavy atom. The zero-order chi connectivity index (χ0) is 14.9. The van der Waals surface area contributed by atoms with Gasteiger partial charge in [-0.05, 0) is 6.92 Å². The van der Waals surface area contributed by atoms with E-state index in [9.17, 15) is 8.42 Å². The molecule has 3 rings (SSSR count). The largest absolute Gasteiger partial charge is 0.378 e. The Bertz CT molecular complexity index is 600. The number of aryl methyl sites for hydroxylation is 1. The number of sulfone groups is 1. The predicted octanol–water partition coefficient (Wildman–Crippen LogP) is -0.144. The molecule has 2 aliphatic rings. The molecule has 116 valence electrons. The molecule has 0 aliphatic carbocycles. The van der Waals surface area contributed by atoms with Crippen molar-refractivity contribution in [2.45, 2.75) is 6.92 Å². The Hall–Kier alpha value is -1.41. The number of ether oxygens (including phenoxy) is 1. The van der Waals surface area contributed by atoms with Crippen LogP contribution < -0.4 is 9.80 Å². The third-order valence-corrected chi connectivity index (χ3v) is 5.40. The SMILES string of the molecule is Cc1cc(N2CCS(=O)(=O)CC2)nc(N2CCOCC2)n1. The zero-order valence-corrected chi connectivity index (χ0v) is 13.0. The van der Waals surface area contributed by atoms with Crippen molar-refractivity contribution in [1.29, 1.82) is 0 Å². The highest BCUT2D eigenvalue weighted by Gasteiger charge is 2.24. The van der Waals surface area contributed by atoms with Crippen LogP contribution in [0.1, 0.15) is 5.69 Å². The van der Waals surface area contributed by atoms with Crippen molar-refractivity contribution in [2.75, 3.05) is 60.7 Å². The number of morpholine rings is 1. The zero-order valence-electron chi connectivity index (χ0n) is 12.2. The average Bonchev–Trinajstić information content (AvgIpc) is 2.47. The summed E-state index contributed by atoms with van der Waals surface area (Å²) in [7, 11) is -2.88. The molecule has 0 spiro atoms. The summed E-state index contributed by atoms with van der Waals surface area (Å²) in [6.07, 6.45) is 0. The first kappa shape index (κ1) is 14.5. The van der Waals surface area contributed by atoms with Gasteiger partial charge in [-0.2, -0.15) is 4.98 Å². The van der Waals surface area contributed by atoms with Gasteiger partial charge >= 0.3 is 0 Å². The summed E-state index contributed by atoms with van der Waals surface area (Å²) in [6.45, 7) is 5.90. The molecule has 0 amide bonds. The first-order valence-electron chi connectivity index (χ1n) is 7.17. The molecular formula is C13H20N4O3S. The number of nitrogens with zero attached hydrogens (tertiary/aromatic N) is 4. The molecule has 1 aromatic rings. The van der Waals surface area contributed by atoms with E-state index >= 15 is 0 Å². The highest BCUT2D eigenvalue weighted by atomic mass is 32.2. The first-order valence-corrected chi connectivity index (χ1v) is 8.99. The molecule has 0 N–H and O–H groups in total. The number of hydrogen-bond acceptors (Lipinski definition) is 7. The number of anilines is 2. The van der Waals surface area contributed by atoms with Gasteiger partial charge in [-0.25, -0.2) is 13.4 Å². The highest BCUT2D eigenvalue weighted by Crippen LogP contribution is 2.20. The van der Waals surface area contributed by atoms with Crippen LogP contribution in [0.15, 0.2) is 6.07 Å². The van der Waals surface area contributed by atoms with Gasteiger partial charge < -0.3 is 14.5 Å². The standard InChI is InChI=1S/C13H20N4O3S/c1-11-10-12(16-4-8-21(18,19)9-5-16)15-13(14-11)17-2-6-20-7-3-17/h10H,2-9H2,1H3. The van der Waals surface area contributed by atoms with Gasteiger partial charge in [0.25, 0.3) is 0 Å². The summed E-state index contributed by atoms with van der Waals surface area (Å²) in [5, 5.41) is 0. The van der Waals surface area contributed by atoms with E-state index in [-0.39, 0.29) is 11.5 Å². The maximum Gasteiger partial charge on any atom is 0.227 e. The maximum absolute atomic E-state index is 11.5. The summed E-state index contributed by atoms with van der Waals surface area (Å²) in [5.74, 6) is 1.92. The lowest BCUT2D eigenvalue weighted by Crippen LogP contribution is -2.41. The van der Waals surface area contributed by atoms with Gasteiger partial charge in [0.05, 0.1) is 24.7 Å². The predicted molar refractivity (Wildman–Crippen MR) is 80.7 cm³/mol. The number of rotatable bonds is 2. The fourth-order valence-electron chi connectivity index (χ4n) is 2.54. The monoisotopic (exact) mass is 312 g/mol. The maximum atomic E-state index is 11.5. The molecule has 7 nitrogen and oxygen atoms in total. The van der Waals surface area contributed by atoms with Crippen LogP contribution in [-0.4, -0.2) is 69.3 Å². The topological polar surface area (TPSA) is 75.6 Å². The molecule has 2 aliphatic heterocycles. The van der Waals surface area contributed by atoms with E-state index in [1.165, 1.54) is 0 Å². The summed E-state index contributed by atoms with van der Waals surface area (Å²) < 4.78 is 28.4. The van der Waals surface area contributed by atoms with Crippen molar-refractivity contribution in [3.05, 3.63) is 11.8 Å². The summed E-state index contributed by atoms with van der Waals surface area (Å²) in [4.78, 5) is 13.3. The van der Waals surface area contributed by atoms with E-state index in [0.29, 0.717) is 32.3 Å². The minimum Gasteiger partial charge on any atom is -0.378 e. The molecule has 1 aromatic heterocycles. The minimum absolute atomic E-state index is 0.197. The fraction of sp³-hybridized carbons (Fsp3) is 0.692. The lowest BCUT2D eigenvalue weighted by Gasteiger charge is -2.30. The molecule has 0 bridgehead atoms. The van der Waals surface area contributed by atoms with E-state index < -0.39 is 9.84 Å². The van der Waals surface area contributed by atoms with Crippen molar-refractivity contribution >= 4 is 21.6 Å². The van der Waals surface area contributed by atoms with E-state index in [4.69, 9.17) is 4.74 Å². The minimum atomic E-state index is -2.88. The summed E-state index contributed by atoms with van der Waals surface area (Å²) in [6, 6.07) is 1.92. The van der Waals surface area contributed by atoms with Crippen LogP contribution >= 0.6 is 0 Å². The van der Waals surface area contributed by atoms with Gasteiger partial charge in [0.15, 0.2) is 9.84 Å². The van der Waals surface area contributed by atoms with Crippen molar-refractivity contribution in [3.63, 3.8) is 0 Å². The normalized spacial score (nSPS) is 22.3. The molecule has 0 atom stereocenters. The van der Waals surface area contributed by atoms with Crippen molar-refractivity contribution in [2.24, 2.45) is 0 Å². The lowest BCUT2D eigenvalue weighted by atomic mass is 10.3. The van der Waals surface area contributed by atoms with Crippen molar-refractivity contribution in [3.8, 4) is 0 Å². The van der Waals surface area contributed by atoms with Crippen LogP contribution in [0.5, 0.6) is 0 Å². The van der Waals surface area contributed by atoms with Crippen LogP contribution in [0, 0.1) is 6.92 Å². The van der Waals surface area contributed by atoms with Crippen LogP contribution in [0.4, 0.5) is 11.8 Å². The Morgan fingerprint density at radius 3 is 2.38 bits per heavy atom. The van der Waals surface area contributed by atoms with Crippen LogP contribution in [0.2, 0.25) is 0 Å². The average molecular weight is 312 g/mol. The molecule has 2 saturated heterocycles. The second kappa shape index (κ2) is 5.76. The third kappa shape index (κ3) is 3.44. The van der Waals surface area contributed by atoms with Gasteiger partial charge in [0.1, 0.15) is 5.82 Å². The molecule has 0 unspecified atom stereocenters. The highest BCUT2D eigenvalue weighted by molar-refractivity contribution is 7.91. The van der Waals surface area contributed by atoms with E-state index in [2.05, 4.69) is 14.9 Å². The van der Waals surface area contributed by atoms with Gasteiger partial charge in [0.2, 0.25) is 5.95 Å². The molecule has 0 aromatic carbocycles. The Morgan fingerprint density at radius 1 is 1.05 bits per heavy atom. The van der Waals surface area contributed by atoms with Gasteiger partial charge in [0, 0.05) is 37.9 Å². The van der Waals surface area contributed by atoms with E-state index in [1.54, 1.807) is 0 Å². The van der Waals surface area contributed by atoms with Gasteiger partial charge in [-0.3, -0.25) is 0 Å². The number of hydrogen-bond donors (Lipinski definition) is 0. The molecule has 21 heavy (non-hydrogen) atoms. The molecule has 0 saturated carbocycles. The molecule has 3 heterocycles. The molecule has 0 radical (unpaired) electrons. The lowest BCUT2D eigenvalue weighted by molar-refractivity contribution is 0.122.